The Morgan fingerprint density at radius 2 is 2.25 bits per heavy atom. The maximum Gasteiger partial charge on any atom is 0.243 e. The van der Waals surface area contributed by atoms with Gasteiger partial charge in [0, 0.05) is 29.4 Å². The summed E-state index contributed by atoms with van der Waals surface area (Å²) in [6, 6.07) is 7.41. The first-order valence-electron chi connectivity index (χ1n) is 6.45. The zero-order chi connectivity index (χ0) is 13.8. The van der Waals surface area contributed by atoms with Crippen molar-refractivity contribution in [2.45, 2.75) is 6.04 Å². The van der Waals surface area contributed by atoms with Crippen LogP contribution in [0, 0.1) is 0 Å². The maximum absolute atomic E-state index is 12.0. The molecule has 1 amide bonds. The lowest BCUT2D eigenvalue weighted by Crippen LogP contribution is -2.48. The predicted molar refractivity (Wildman–Crippen MR) is 78.8 cm³/mol. The van der Waals surface area contributed by atoms with Gasteiger partial charge in [-0.3, -0.25) is 4.79 Å². The number of nitrogens with zero attached hydrogens (tertiary/aromatic N) is 1. The summed E-state index contributed by atoms with van der Waals surface area (Å²) in [6.07, 6.45) is 1.78. The predicted octanol–water partition coefficient (Wildman–Crippen LogP) is 1.74. The second-order valence-corrected chi connectivity index (χ2v) is 5.38. The van der Waals surface area contributed by atoms with E-state index in [1.54, 1.807) is 17.5 Å². The van der Waals surface area contributed by atoms with Gasteiger partial charge in [0.1, 0.15) is 11.0 Å². The van der Waals surface area contributed by atoms with E-state index >= 15 is 0 Å². The average Bonchev–Trinajstić information content (AvgIpc) is 3.03. The standard InChI is InChI=1S/C14H15N3O2S/c18-13(12-9-19-7-5-15-12)17-11-3-1-10(2-4-11)14-16-6-8-20-14/h1-4,6,8,12,15H,5,7,9H2,(H,17,18). The van der Waals surface area contributed by atoms with Crippen molar-refractivity contribution in [3.63, 3.8) is 0 Å². The minimum atomic E-state index is -0.276. The maximum atomic E-state index is 12.0. The number of rotatable bonds is 3. The smallest absolute Gasteiger partial charge is 0.243 e. The summed E-state index contributed by atoms with van der Waals surface area (Å²) in [7, 11) is 0. The van der Waals surface area contributed by atoms with Crippen LogP contribution in [0.3, 0.4) is 0 Å². The van der Waals surface area contributed by atoms with Gasteiger partial charge in [0.15, 0.2) is 0 Å². The summed E-state index contributed by atoms with van der Waals surface area (Å²) in [4.78, 5) is 16.3. The van der Waals surface area contributed by atoms with Gasteiger partial charge in [-0.25, -0.2) is 4.98 Å². The summed E-state index contributed by atoms with van der Waals surface area (Å²) < 4.78 is 5.28. The molecule has 2 aromatic rings. The van der Waals surface area contributed by atoms with E-state index in [0.29, 0.717) is 19.8 Å². The summed E-state index contributed by atoms with van der Waals surface area (Å²) in [5, 5.41) is 8.93. The third kappa shape index (κ3) is 3.04. The van der Waals surface area contributed by atoms with Crippen LogP contribution in [0.4, 0.5) is 5.69 Å². The SMILES string of the molecule is O=C(Nc1ccc(-c2nccs2)cc1)C1COCCN1. The molecule has 1 fully saturated rings. The van der Waals surface area contributed by atoms with Gasteiger partial charge in [-0.1, -0.05) is 0 Å². The van der Waals surface area contributed by atoms with Crippen LogP contribution in [0.15, 0.2) is 35.8 Å². The number of amides is 1. The lowest BCUT2D eigenvalue weighted by atomic mass is 10.2. The van der Waals surface area contributed by atoms with E-state index in [-0.39, 0.29) is 11.9 Å². The molecule has 1 aliphatic rings. The minimum Gasteiger partial charge on any atom is -0.378 e. The van der Waals surface area contributed by atoms with Gasteiger partial charge in [0.2, 0.25) is 5.91 Å². The van der Waals surface area contributed by atoms with Gasteiger partial charge >= 0.3 is 0 Å². The van der Waals surface area contributed by atoms with Crippen molar-refractivity contribution in [3.05, 3.63) is 35.8 Å². The van der Waals surface area contributed by atoms with Crippen LogP contribution in [-0.2, 0) is 9.53 Å². The highest BCUT2D eigenvalue weighted by Crippen LogP contribution is 2.23. The first kappa shape index (κ1) is 13.2. The minimum absolute atomic E-state index is 0.0632. The van der Waals surface area contributed by atoms with E-state index in [1.807, 2.05) is 29.6 Å². The lowest BCUT2D eigenvalue weighted by molar-refractivity contribution is -0.120. The number of nitrogens with one attached hydrogen (secondary N) is 2. The Labute approximate surface area is 121 Å². The molecule has 2 heterocycles. The highest BCUT2D eigenvalue weighted by atomic mass is 32.1. The van der Waals surface area contributed by atoms with Crippen LogP contribution in [0.2, 0.25) is 0 Å². The van der Waals surface area contributed by atoms with E-state index in [9.17, 15) is 4.79 Å². The van der Waals surface area contributed by atoms with E-state index in [4.69, 9.17) is 4.74 Å². The van der Waals surface area contributed by atoms with E-state index in [0.717, 1.165) is 16.3 Å². The number of aromatic nitrogens is 1. The average molecular weight is 289 g/mol. The number of anilines is 1. The summed E-state index contributed by atoms with van der Waals surface area (Å²) >= 11 is 1.59. The van der Waals surface area contributed by atoms with Gasteiger partial charge in [0.05, 0.1) is 13.2 Å². The molecule has 104 valence electrons. The molecule has 0 spiro atoms. The van der Waals surface area contributed by atoms with Crippen molar-refractivity contribution in [1.82, 2.24) is 10.3 Å². The summed E-state index contributed by atoms with van der Waals surface area (Å²) in [5.41, 5.74) is 1.83. The fraction of sp³-hybridized carbons (Fsp3) is 0.286. The van der Waals surface area contributed by atoms with Crippen LogP contribution >= 0.6 is 11.3 Å². The number of carbonyl (C=O) groups excluding carboxylic acids is 1. The second kappa shape index (κ2) is 6.13. The van der Waals surface area contributed by atoms with Gasteiger partial charge in [-0.15, -0.1) is 11.3 Å². The molecule has 3 rings (SSSR count). The second-order valence-electron chi connectivity index (χ2n) is 4.49. The van der Waals surface area contributed by atoms with Crippen molar-refractivity contribution >= 4 is 22.9 Å². The number of hydrogen-bond donors (Lipinski definition) is 2. The first-order valence-corrected chi connectivity index (χ1v) is 7.33. The Kier molecular flexibility index (Phi) is 4.05. The van der Waals surface area contributed by atoms with Crippen LogP contribution in [0.25, 0.3) is 10.6 Å². The fourth-order valence-corrected chi connectivity index (χ4v) is 2.67. The molecule has 1 aromatic carbocycles. The molecular weight excluding hydrogens is 274 g/mol. The molecule has 0 radical (unpaired) electrons. The normalized spacial score (nSPS) is 18.7. The largest absolute Gasteiger partial charge is 0.378 e. The number of hydrogen-bond acceptors (Lipinski definition) is 5. The molecule has 2 N–H and O–H groups in total. The fourth-order valence-electron chi connectivity index (χ4n) is 2.03. The van der Waals surface area contributed by atoms with Crippen molar-refractivity contribution < 1.29 is 9.53 Å². The van der Waals surface area contributed by atoms with E-state index in [2.05, 4.69) is 15.6 Å². The molecule has 1 aromatic heterocycles. The Bertz CT molecular complexity index is 563. The molecule has 5 nitrogen and oxygen atoms in total. The molecule has 0 bridgehead atoms. The van der Waals surface area contributed by atoms with E-state index < -0.39 is 0 Å². The van der Waals surface area contributed by atoms with Gasteiger partial charge in [-0.05, 0) is 24.3 Å². The third-order valence-electron chi connectivity index (χ3n) is 3.07. The highest BCUT2D eigenvalue weighted by molar-refractivity contribution is 7.13. The zero-order valence-corrected chi connectivity index (χ0v) is 11.7. The molecule has 6 heteroatoms. The Balaban J connectivity index is 1.64. The van der Waals surface area contributed by atoms with Crippen LogP contribution < -0.4 is 10.6 Å². The molecular formula is C14H15N3O2S. The monoisotopic (exact) mass is 289 g/mol. The molecule has 1 aliphatic heterocycles. The number of morpholine rings is 1. The van der Waals surface area contributed by atoms with Crippen molar-refractivity contribution in [2.24, 2.45) is 0 Å². The molecule has 1 saturated heterocycles. The lowest BCUT2D eigenvalue weighted by Gasteiger charge is -2.22. The van der Waals surface area contributed by atoms with Crippen LogP contribution in [-0.4, -0.2) is 36.7 Å². The molecule has 1 unspecified atom stereocenters. The number of carbonyl (C=O) groups is 1. The zero-order valence-electron chi connectivity index (χ0n) is 10.8. The number of benzene rings is 1. The summed E-state index contributed by atoms with van der Waals surface area (Å²) in [5.74, 6) is -0.0632. The summed E-state index contributed by atoms with van der Waals surface area (Å²) in [6.45, 7) is 1.79. The topological polar surface area (TPSA) is 63.2 Å². The number of ether oxygens (including phenoxy) is 1. The van der Waals surface area contributed by atoms with Crippen molar-refractivity contribution in [3.8, 4) is 10.6 Å². The Hall–Kier alpha value is -1.76. The van der Waals surface area contributed by atoms with Gasteiger partial charge in [-0.2, -0.15) is 0 Å². The molecule has 1 atom stereocenters. The van der Waals surface area contributed by atoms with E-state index in [1.165, 1.54) is 0 Å². The van der Waals surface area contributed by atoms with Crippen LogP contribution in [0.1, 0.15) is 0 Å². The first-order chi connectivity index (χ1) is 9.83. The van der Waals surface area contributed by atoms with Crippen molar-refractivity contribution in [2.75, 3.05) is 25.1 Å². The number of thiazole rings is 1. The molecule has 20 heavy (non-hydrogen) atoms. The Morgan fingerprint density at radius 1 is 1.40 bits per heavy atom. The van der Waals surface area contributed by atoms with Gasteiger partial charge < -0.3 is 15.4 Å². The van der Waals surface area contributed by atoms with Crippen LogP contribution in [0.5, 0.6) is 0 Å². The van der Waals surface area contributed by atoms with Gasteiger partial charge in [0.25, 0.3) is 0 Å². The Morgan fingerprint density at radius 3 is 2.90 bits per heavy atom. The van der Waals surface area contributed by atoms with Crippen molar-refractivity contribution in [1.29, 1.82) is 0 Å². The molecule has 0 saturated carbocycles. The molecule has 0 aliphatic carbocycles. The third-order valence-corrected chi connectivity index (χ3v) is 3.89. The highest BCUT2D eigenvalue weighted by Gasteiger charge is 2.20. The quantitative estimate of drug-likeness (QED) is 0.903.